The molecule has 1 saturated heterocycles. The van der Waals surface area contributed by atoms with Crippen molar-refractivity contribution >= 4 is 5.91 Å². The van der Waals surface area contributed by atoms with Gasteiger partial charge in [-0.25, -0.2) is 0 Å². The number of hydrogen-bond acceptors (Lipinski definition) is 4. The lowest BCUT2D eigenvalue weighted by atomic mass is 9.57. The molecule has 3 fully saturated rings. The first-order chi connectivity index (χ1) is 12.0. The largest absolute Gasteiger partial charge is 0.360 e. The summed E-state index contributed by atoms with van der Waals surface area (Å²) in [4.78, 5) is 14.5. The second-order valence-corrected chi connectivity index (χ2v) is 8.91. The Morgan fingerprint density at radius 2 is 2.08 bits per heavy atom. The van der Waals surface area contributed by atoms with E-state index in [1.54, 1.807) is 0 Å². The third kappa shape index (κ3) is 3.76. The number of aromatic nitrogens is 1. The van der Waals surface area contributed by atoms with Gasteiger partial charge >= 0.3 is 0 Å². The van der Waals surface area contributed by atoms with Gasteiger partial charge < -0.3 is 9.84 Å². The first kappa shape index (κ1) is 17.1. The molecule has 5 heteroatoms. The Hall–Kier alpha value is -1.36. The van der Waals surface area contributed by atoms with E-state index in [0.29, 0.717) is 17.9 Å². The fourth-order valence-electron chi connectivity index (χ4n) is 4.36. The summed E-state index contributed by atoms with van der Waals surface area (Å²) in [5.41, 5.74) is 1.20. The van der Waals surface area contributed by atoms with E-state index in [1.165, 1.54) is 32.4 Å². The first-order valence-electron chi connectivity index (χ1n) is 9.99. The van der Waals surface area contributed by atoms with Gasteiger partial charge in [-0.1, -0.05) is 25.4 Å². The van der Waals surface area contributed by atoms with Crippen LogP contribution in [0.15, 0.2) is 10.6 Å². The molecule has 25 heavy (non-hydrogen) atoms. The van der Waals surface area contributed by atoms with Crippen LogP contribution in [-0.4, -0.2) is 35.1 Å². The molecule has 0 aromatic carbocycles. The lowest BCUT2D eigenvalue weighted by Crippen LogP contribution is -2.59. The van der Waals surface area contributed by atoms with Crippen molar-refractivity contribution in [2.24, 2.45) is 17.3 Å². The van der Waals surface area contributed by atoms with Crippen LogP contribution in [0.1, 0.15) is 63.8 Å². The van der Waals surface area contributed by atoms with Gasteiger partial charge in [-0.2, -0.15) is 0 Å². The van der Waals surface area contributed by atoms with Crippen LogP contribution in [0.4, 0.5) is 0 Å². The molecule has 0 radical (unpaired) electrons. The quantitative estimate of drug-likeness (QED) is 0.860. The Balaban J connectivity index is 1.28. The molecule has 0 bridgehead atoms. The van der Waals surface area contributed by atoms with Crippen LogP contribution >= 0.6 is 0 Å². The fraction of sp³-hybridized carbons (Fsp3) is 0.800. The Labute approximate surface area is 150 Å². The number of piperidine rings is 1. The molecule has 138 valence electrons. The van der Waals surface area contributed by atoms with Crippen molar-refractivity contribution in [3.8, 4) is 0 Å². The number of nitrogens with zero attached hydrogens (tertiary/aromatic N) is 2. The van der Waals surface area contributed by atoms with Crippen molar-refractivity contribution in [1.29, 1.82) is 0 Å². The molecule has 5 nitrogen and oxygen atoms in total. The zero-order chi connectivity index (χ0) is 17.4. The summed E-state index contributed by atoms with van der Waals surface area (Å²) in [7, 11) is 0. The topological polar surface area (TPSA) is 58.4 Å². The highest BCUT2D eigenvalue weighted by atomic mass is 16.5. The molecule has 0 spiro atoms. The summed E-state index contributed by atoms with van der Waals surface area (Å²) < 4.78 is 5.57. The van der Waals surface area contributed by atoms with E-state index in [0.717, 1.165) is 43.7 Å². The minimum Gasteiger partial charge on any atom is -0.360 e. The van der Waals surface area contributed by atoms with Gasteiger partial charge in [-0.3, -0.25) is 9.69 Å². The predicted molar refractivity (Wildman–Crippen MR) is 95.9 cm³/mol. The maximum Gasteiger partial charge on any atom is 0.223 e. The Kier molecular flexibility index (Phi) is 4.61. The van der Waals surface area contributed by atoms with Gasteiger partial charge in [0.05, 0.1) is 12.2 Å². The fourth-order valence-corrected chi connectivity index (χ4v) is 4.36. The van der Waals surface area contributed by atoms with Crippen molar-refractivity contribution in [3.05, 3.63) is 17.5 Å². The van der Waals surface area contributed by atoms with Crippen LogP contribution in [0.5, 0.6) is 0 Å². The minimum absolute atomic E-state index is 0.135. The number of rotatable bonds is 6. The zero-order valence-corrected chi connectivity index (χ0v) is 15.6. The van der Waals surface area contributed by atoms with E-state index in [4.69, 9.17) is 4.52 Å². The highest BCUT2D eigenvalue weighted by molar-refractivity contribution is 5.81. The standard InChI is InChI=1S/C20H31N3O2/c1-20(2)15(11-18(20)21-19(24)14-6-7-14)10-16-12-17(25-22-16)13-23-8-4-3-5-9-23/h12,14-15,18H,3-11,13H2,1-2H3,(H,21,24). The van der Waals surface area contributed by atoms with Gasteiger partial charge in [0.2, 0.25) is 5.91 Å². The molecule has 4 rings (SSSR count). The van der Waals surface area contributed by atoms with Crippen molar-refractivity contribution in [2.45, 2.75) is 71.4 Å². The van der Waals surface area contributed by atoms with E-state index in [9.17, 15) is 4.79 Å². The Morgan fingerprint density at radius 1 is 1.32 bits per heavy atom. The Morgan fingerprint density at radius 3 is 2.76 bits per heavy atom. The van der Waals surface area contributed by atoms with Crippen LogP contribution in [0.2, 0.25) is 0 Å². The summed E-state index contributed by atoms with van der Waals surface area (Å²) in [5.74, 6) is 2.11. The minimum atomic E-state index is 0.135. The average Bonchev–Trinajstić information content (AvgIpc) is 3.36. The highest BCUT2D eigenvalue weighted by Gasteiger charge is 2.49. The number of carbonyl (C=O) groups is 1. The van der Waals surface area contributed by atoms with Crippen molar-refractivity contribution in [1.82, 2.24) is 15.4 Å². The number of amides is 1. The molecule has 2 saturated carbocycles. The van der Waals surface area contributed by atoms with Crippen molar-refractivity contribution in [3.63, 3.8) is 0 Å². The van der Waals surface area contributed by atoms with E-state index < -0.39 is 0 Å². The molecule has 2 aliphatic carbocycles. The van der Waals surface area contributed by atoms with Gasteiger partial charge in [-0.15, -0.1) is 0 Å². The van der Waals surface area contributed by atoms with Crippen LogP contribution < -0.4 is 5.32 Å². The van der Waals surface area contributed by atoms with Crippen molar-refractivity contribution in [2.75, 3.05) is 13.1 Å². The lowest BCUT2D eigenvalue weighted by Gasteiger charge is -2.52. The molecule has 2 atom stereocenters. The summed E-state index contributed by atoms with van der Waals surface area (Å²) in [6.07, 6.45) is 8.10. The summed E-state index contributed by atoms with van der Waals surface area (Å²) in [5, 5.41) is 7.56. The van der Waals surface area contributed by atoms with Crippen LogP contribution in [-0.2, 0) is 17.8 Å². The van der Waals surface area contributed by atoms with Gasteiger partial charge in [0.15, 0.2) is 5.76 Å². The van der Waals surface area contributed by atoms with Crippen molar-refractivity contribution < 1.29 is 9.32 Å². The van der Waals surface area contributed by atoms with E-state index in [-0.39, 0.29) is 11.3 Å². The second-order valence-electron chi connectivity index (χ2n) is 8.91. The molecule has 1 aromatic heterocycles. The summed E-state index contributed by atoms with van der Waals surface area (Å²) in [6.45, 7) is 7.78. The number of hydrogen-bond donors (Lipinski definition) is 1. The van der Waals surface area contributed by atoms with Gasteiger partial charge in [0.1, 0.15) is 0 Å². The maximum atomic E-state index is 12.0. The molecule has 1 N–H and O–H groups in total. The lowest BCUT2D eigenvalue weighted by molar-refractivity contribution is -0.126. The number of likely N-dealkylation sites (tertiary alicyclic amines) is 1. The molecule has 3 aliphatic rings. The predicted octanol–water partition coefficient (Wildman–Crippen LogP) is 3.14. The van der Waals surface area contributed by atoms with Crippen LogP contribution in [0.25, 0.3) is 0 Å². The average molecular weight is 345 g/mol. The van der Waals surface area contributed by atoms with Crippen LogP contribution in [0, 0.1) is 17.3 Å². The van der Waals surface area contributed by atoms with E-state index in [2.05, 4.69) is 35.3 Å². The van der Waals surface area contributed by atoms with Gasteiger partial charge in [-0.05, 0) is 62.9 Å². The third-order valence-electron chi connectivity index (χ3n) is 6.63. The smallest absolute Gasteiger partial charge is 0.223 e. The van der Waals surface area contributed by atoms with E-state index in [1.807, 2.05) is 0 Å². The summed E-state index contributed by atoms with van der Waals surface area (Å²) >= 11 is 0. The molecule has 1 aromatic rings. The first-order valence-corrected chi connectivity index (χ1v) is 9.99. The van der Waals surface area contributed by atoms with Gasteiger partial charge in [0, 0.05) is 18.0 Å². The Bertz CT molecular complexity index is 614. The molecule has 1 amide bonds. The number of carbonyl (C=O) groups excluding carboxylic acids is 1. The normalized spacial score (nSPS) is 29.2. The summed E-state index contributed by atoms with van der Waals surface area (Å²) in [6, 6.07) is 2.45. The molecule has 2 unspecified atom stereocenters. The molecule has 2 heterocycles. The van der Waals surface area contributed by atoms with Crippen LogP contribution in [0.3, 0.4) is 0 Å². The highest BCUT2D eigenvalue weighted by Crippen LogP contribution is 2.48. The monoisotopic (exact) mass is 345 g/mol. The SMILES string of the molecule is CC1(C)C(Cc2cc(CN3CCCCC3)on2)CC1NC(=O)C1CC1. The maximum absolute atomic E-state index is 12.0. The third-order valence-corrected chi connectivity index (χ3v) is 6.63. The van der Waals surface area contributed by atoms with E-state index >= 15 is 0 Å². The zero-order valence-electron chi connectivity index (χ0n) is 15.6. The molecule has 1 aliphatic heterocycles. The van der Waals surface area contributed by atoms with Gasteiger partial charge in [0.25, 0.3) is 0 Å². The second kappa shape index (κ2) is 6.75. The molecular weight excluding hydrogens is 314 g/mol. The number of nitrogens with one attached hydrogen (secondary N) is 1. The molecular formula is C20H31N3O2.